The molecule has 0 saturated carbocycles. The van der Waals surface area contributed by atoms with Crippen LogP contribution in [0.15, 0.2) is 35.1 Å². The maximum Gasteiger partial charge on any atom is 0.343 e. The molecule has 0 saturated heterocycles. The average Bonchev–Trinajstić information content (AvgIpc) is 3.12. The Labute approximate surface area is 182 Å². The number of aromatic hydroxyl groups is 1. The first kappa shape index (κ1) is 20.1. The van der Waals surface area contributed by atoms with E-state index < -0.39 is 11.6 Å². The number of nitrogens with zero attached hydrogens (tertiary/aromatic N) is 2. The molecule has 4 heterocycles. The highest BCUT2D eigenvalue weighted by Crippen LogP contribution is 2.39. The van der Waals surface area contributed by atoms with Crippen LogP contribution < -0.4 is 5.56 Å². The lowest BCUT2D eigenvalue weighted by Gasteiger charge is -2.31. The fraction of sp³-hybridized carbons (Fsp3) is 0.250. The second-order valence-corrected chi connectivity index (χ2v) is 8.11. The third-order valence-electron chi connectivity index (χ3n) is 6.19. The highest BCUT2D eigenvalue weighted by Gasteiger charge is 2.45. The lowest BCUT2D eigenvalue weighted by atomic mass is 9.86. The zero-order valence-electron chi connectivity index (χ0n) is 17.5. The summed E-state index contributed by atoms with van der Waals surface area (Å²) in [6.45, 7) is 3.15. The Morgan fingerprint density at radius 3 is 2.81 bits per heavy atom. The molecule has 3 aromatic rings. The van der Waals surface area contributed by atoms with Gasteiger partial charge in [0.25, 0.3) is 5.56 Å². The van der Waals surface area contributed by atoms with Crippen LogP contribution in [0.1, 0.15) is 42.5 Å². The summed E-state index contributed by atoms with van der Waals surface area (Å²) in [5.41, 5.74) is 1.20. The number of aliphatic hydroxyl groups is 1. The van der Waals surface area contributed by atoms with Crippen molar-refractivity contribution in [3.63, 3.8) is 0 Å². The van der Waals surface area contributed by atoms with Gasteiger partial charge < -0.3 is 19.5 Å². The minimum atomic E-state index is -1.88. The number of ketones is 1. The topological polar surface area (TPSA) is 119 Å². The Bertz CT molecular complexity index is 1430. The monoisotopic (exact) mass is 432 g/mol. The molecule has 162 valence electrons. The van der Waals surface area contributed by atoms with Crippen LogP contribution in [0.25, 0.3) is 28.4 Å². The summed E-state index contributed by atoms with van der Waals surface area (Å²) in [7, 11) is 0. The van der Waals surface area contributed by atoms with Gasteiger partial charge in [-0.2, -0.15) is 0 Å². The van der Waals surface area contributed by atoms with Gasteiger partial charge in [0.2, 0.25) is 0 Å². The normalized spacial score (nSPS) is 19.0. The molecule has 0 unspecified atom stereocenters. The number of benzene rings is 1. The van der Waals surface area contributed by atoms with Gasteiger partial charge in [-0.05, 0) is 49.8 Å². The average molecular weight is 432 g/mol. The highest BCUT2D eigenvalue weighted by molar-refractivity contribution is 5.98. The van der Waals surface area contributed by atoms with Crippen molar-refractivity contribution in [1.29, 1.82) is 0 Å². The van der Waals surface area contributed by atoms with Crippen LogP contribution in [0.4, 0.5) is 0 Å². The predicted octanol–water partition coefficient (Wildman–Crippen LogP) is 2.39. The van der Waals surface area contributed by atoms with Gasteiger partial charge in [-0.3, -0.25) is 9.59 Å². The molecule has 2 aromatic heterocycles. The Balaban J connectivity index is 1.75. The first-order valence-corrected chi connectivity index (χ1v) is 10.3. The summed E-state index contributed by atoms with van der Waals surface area (Å²) in [6, 6.07) is 6.66. The van der Waals surface area contributed by atoms with Crippen LogP contribution in [0.5, 0.6) is 5.75 Å². The molecular weight excluding hydrogens is 412 g/mol. The maximum atomic E-state index is 13.2. The summed E-state index contributed by atoms with van der Waals surface area (Å²) < 4.78 is 6.64. The second-order valence-electron chi connectivity index (χ2n) is 8.11. The molecule has 8 heteroatoms. The lowest BCUT2D eigenvalue weighted by molar-refractivity contribution is -0.172. The molecule has 8 nitrogen and oxygen atoms in total. The number of hydrogen-bond acceptors (Lipinski definition) is 7. The van der Waals surface area contributed by atoms with Gasteiger partial charge >= 0.3 is 5.97 Å². The molecule has 5 rings (SSSR count). The van der Waals surface area contributed by atoms with Crippen LogP contribution >= 0.6 is 0 Å². The van der Waals surface area contributed by atoms with Gasteiger partial charge in [0.15, 0.2) is 11.4 Å². The van der Waals surface area contributed by atoms with Crippen molar-refractivity contribution < 1.29 is 24.5 Å². The van der Waals surface area contributed by atoms with E-state index in [1.54, 1.807) is 29.7 Å². The van der Waals surface area contributed by atoms with E-state index in [4.69, 9.17) is 9.72 Å². The van der Waals surface area contributed by atoms with E-state index >= 15 is 0 Å². The number of cyclic esters (lactones) is 1. The Morgan fingerprint density at radius 1 is 1.31 bits per heavy atom. The molecule has 2 aliphatic heterocycles. The van der Waals surface area contributed by atoms with Crippen LogP contribution in [0.3, 0.4) is 0 Å². The number of pyridine rings is 2. The van der Waals surface area contributed by atoms with Crippen molar-refractivity contribution in [1.82, 2.24) is 9.55 Å². The Hall–Kier alpha value is -3.78. The molecule has 2 aliphatic rings. The fourth-order valence-electron chi connectivity index (χ4n) is 4.44. The standard InChI is InChI=1S/C24H20N2O6/c1-3-24(31)17-9-19-21-13(10-26(19)22(29)16(17)11-32-23(24)30)8-15-14(5-4-12(2)27)20(28)7-6-18(15)25-21/h4-9,28,31H,3,10-11H2,1-2H3/t24-/m0/s1. The van der Waals surface area contributed by atoms with E-state index in [1.807, 2.05) is 6.07 Å². The molecule has 1 atom stereocenters. The molecule has 0 amide bonds. The highest BCUT2D eigenvalue weighted by atomic mass is 16.6. The Kier molecular flexibility index (Phi) is 4.32. The molecule has 0 spiro atoms. The number of phenolic OH excluding ortho intramolecular Hbond substituents is 1. The van der Waals surface area contributed by atoms with E-state index in [-0.39, 0.29) is 47.8 Å². The number of phenols is 1. The zero-order valence-corrected chi connectivity index (χ0v) is 17.5. The van der Waals surface area contributed by atoms with Gasteiger partial charge in [-0.1, -0.05) is 6.92 Å². The van der Waals surface area contributed by atoms with Crippen molar-refractivity contribution in [3.8, 4) is 17.1 Å². The molecular formula is C24H20N2O6. The summed E-state index contributed by atoms with van der Waals surface area (Å²) in [6.07, 6.45) is 2.99. The van der Waals surface area contributed by atoms with Crippen molar-refractivity contribution in [3.05, 3.63) is 62.9 Å². The molecule has 32 heavy (non-hydrogen) atoms. The van der Waals surface area contributed by atoms with E-state index in [1.165, 1.54) is 19.1 Å². The van der Waals surface area contributed by atoms with Gasteiger partial charge in [-0.15, -0.1) is 0 Å². The molecule has 0 fully saturated rings. The summed E-state index contributed by atoms with van der Waals surface area (Å²) >= 11 is 0. The number of rotatable bonds is 3. The Morgan fingerprint density at radius 2 is 2.09 bits per heavy atom. The van der Waals surface area contributed by atoms with Crippen LogP contribution in [0.2, 0.25) is 0 Å². The summed E-state index contributed by atoms with van der Waals surface area (Å²) in [5, 5.41) is 21.9. The molecule has 0 bridgehead atoms. The third-order valence-corrected chi connectivity index (χ3v) is 6.19. The van der Waals surface area contributed by atoms with E-state index in [0.717, 1.165) is 5.56 Å². The van der Waals surface area contributed by atoms with Crippen LogP contribution in [-0.2, 0) is 33.1 Å². The number of fused-ring (bicyclic) bond motifs is 5. The molecule has 0 radical (unpaired) electrons. The smallest absolute Gasteiger partial charge is 0.343 e. The van der Waals surface area contributed by atoms with Gasteiger partial charge in [0.1, 0.15) is 12.4 Å². The predicted molar refractivity (Wildman–Crippen MR) is 116 cm³/mol. The minimum Gasteiger partial charge on any atom is -0.507 e. The van der Waals surface area contributed by atoms with Gasteiger partial charge in [0.05, 0.1) is 29.0 Å². The zero-order chi connectivity index (χ0) is 22.8. The number of ether oxygens (including phenoxy) is 1. The number of hydrogen-bond donors (Lipinski definition) is 2. The number of carbonyl (C=O) groups excluding carboxylic acids is 2. The molecule has 2 N–H and O–H groups in total. The van der Waals surface area contributed by atoms with Gasteiger partial charge in [0, 0.05) is 22.1 Å². The third kappa shape index (κ3) is 2.73. The lowest BCUT2D eigenvalue weighted by Crippen LogP contribution is -2.44. The number of aromatic nitrogens is 2. The number of allylic oxidation sites excluding steroid dienone is 1. The second kappa shape index (κ2) is 6.86. The maximum absolute atomic E-state index is 13.2. The minimum absolute atomic E-state index is 0.0172. The van der Waals surface area contributed by atoms with E-state index in [0.29, 0.717) is 27.9 Å². The largest absolute Gasteiger partial charge is 0.507 e. The van der Waals surface area contributed by atoms with Crippen LogP contribution in [0, 0.1) is 0 Å². The quantitative estimate of drug-likeness (QED) is 0.377. The fourth-order valence-corrected chi connectivity index (χ4v) is 4.44. The van der Waals surface area contributed by atoms with Crippen LogP contribution in [-0.4, -0.2) is 31.5 Å². The van der Waals surface area contributed by atoms with E-state index in [2.05, 4.69) is 0 Å². The number of carbonyl (C=O) groups is 2. The van der Waals surface area contributed by atoms with Crippen molar-refractivity contribution in [2.75, 3.05) is 0 Å². The molecule has 1 aromatic carbocycles. The first-order valence-electron chi connectivity index (χ1n) is 10.3. The van der Waals surface area contributed by atoms with Gasteiger partial charge in [-0.25, -0.2) is 9.78 Å². The summed E-state index contributed by atoms with van der Waals surface area (Å²) in [4.78, 5) is 41.6. The number of esters is 1. The summed E-state index contributed by atoms with van der Waals surface area (Å²) in [5.74, 6) is -0.900. The van der Waals surface area contributed by atoms with Crippen molar-refractivity contribution in [2.24, 2.45) is 0 Å². The SMILES string of the molecule is CC[C@@]1(O)C(=O)OCc2c1cc1n(c2=O)Cc2cc3c(C=CC(C)=O)c(O)ccc3nc2-1. The first-order chi connectivity index (χ1) is 15.2. The van der Waals surface area contributed by atoms with E-state index in [9.17, 15) is 24.6 Å². The molecule has 0 aliphatic carbocycles. The van der Waals surface area contributed by atoms with Crippen molar-refractivity contribution >= 4 is 28.7 Å². The van der Waals surface area contributed by atoms with Crippen molar-refractivity contribution in [2.45, 2.75) is 39.0 Å².